The van der Waals surface area contributed by atoms with E-state index in [0.29, 0.717) is 23.1 Å². The van der Waals surface area contributed by atoms with Crippen LogP contribution in [0.1, 0.15) is 25.3 Å². The number of aliphatic hydroxyl groups is 1. The van der Waals surface area contributed by atoms with Gasteiger partial charge in [0, 0.05) is 19.2 Å². The molecular weight excluding hydrogens is 266 g/mol. The highest BCUT2D eigenvalue weighted by molar-refractivity contribution is 6.33. The largest absolute Gasteiger partial charge is 0.493 e. The third-order valence-corrected chi connectivity index (χ3v) is 3.53. The maximum atomic E-state index is 8.97. The van der Waals surface area contributed by atoms with Crippen LogP contribution >= 0.6 is 11.6 Å². The number of halogens is 1. The van der Waals surface area contributed by atoms with E-state index in [-0.39, 0.29) is 12.6 Å². The van der Waals surface area contributed by atoms with E-state index >= 15 is 0 Å². The van der Waals surface area contributed by atoms with E-state index in [2.05, 4.69) is 12.2 Å². The van der Waals surface area contributed by atoms with E-state index in [9.17, 15) is 0 Å². The van der Waals surface area contributed by atoms with Gasteiger partial charge in [-0.05, 0) is 24.5 Å². The molecule has 108 valence electrons. The average Bonchev–Trinajstić information content (AvgIpc) is 2.44. The van der Waals surface area contributed by atoms with Crippen LogP contribution in [0.2, 0.25) is 5.02 Å². The lowest BCUT2D eigenvalue weighted by Gasteiger charge is -2.17. The number of benzene rings is 1. The second-order valence-electron chi connectivity index (χ2n) is 4.27. The Morgan fingerprint density at radius 2 is 2.05 bits per heavy atom. The molecule has 0 fully saturated rings. The zero-order valence-corrected chi connectivity index (χ0v) is 12.5. The molecule has 0 saturated heterocycles. The molecule has 1 atom stereocenters. The second-order valence-corrected chi connectivity index (χ2v) is 4.65. The van der Waals surface area contributed by atoms with Gasteiger partial charge in [0.1, 0.15) is 0 Å². The molecule has 0 aliphatic rings. The number of rotatable bonds is 8. The van der Waals surface area contributed by atoms with Gasteiger partial charge in [-0.25, -0.2) is 0 Å². The Balaban J connectivity index is 2.79. The lowest BCUT2D eigenvalue weighted by atomic mass is 10.1. The van der Waals surface area contributed by atoms with Crippen LogP contribution in [0, 0.1) is 0 Å². The normalized spacial score (nSPS) is 12.3. The van der Waals surface area contributed by atoms with Crippen LogP contribution in [0.3, 0.4) is 0 Å². The van der Waals surface area contributed by atoms with Crippen molar-refractivity contribution in [1.29, 1.82) is 0 Å². The molecule has 0 spiro atoms. The fourth-order valence-corrected chi connectivity index (χ4v) is 2.23. The van der Waals surface area contributed by atoms with E-state index in [1.165, 1.54) is 0 Å². The zero-order chi connectivity index (χ0) is 14.3. The summed E-state index contributed by atoms with van der Waals surface area (Å²) in [5.74, 6) is 1.18. The highest BCUT2D eigenvalue weighted by Crippen LogP contribution is 2.37. The summed E-state index contributed by atoms with van der Waals surface area (Å²) in [4.78, 5) is 0. The van der Waals surface area contributed by atoms with Gasteiger partial charge in [0.05, 0.1) is 19.2 Å². The number of hydrogen-bond donors (Lipinski definition) is 2. The van der Waals surface area contributed by atoms with Crippen LogP contribution in [-0.4, -0.2) is 32.0 Å². The SMILES string of the molecule is CCC(CCO)NCc1ccc(OC)c(OC)c1Cl. The highest BCUT2D eigenvalue weighted by atomic mass is 35.5. The summed E-state index contributed by atoms with van der Waals surface area (Å²) in [6, 6.07) is 4.05. The predicted molar refractivity (Wildman–Crippen MR) is 77.2 cm³/mol. The molecule has 1 unspecified atom stereocenters. The first kappa shape index (κ1) is 16.1. The molecule has 1 aromatic rings. The van der Waals surface area contributed by atoms with Crippen LogP contribution in [0.5, 0.6) is 11.5 Å². The third kappa shape index (κ3) is 4.27. The van der Waals surface area contributed by atoms with Crippen LogP contribution in [0.25, 0.3) is 0 Å². The van der Waals surface area contributed by atoms with E-state index in [0.717, 1.165) is 18.4 Å². The van der Waals surface area contributed by atoms with Crippen molar-refractivity contribution >= 4 is 11.6 Å². The van der Waals surface area contributed by atoms with Gasteiger partial charge in [0.2, 0.25) is 0 Å². The molecule has 2 N–H and O–H groups in total. The molecule has 0 bridgehead atoms. The quantitative estimate of drug-likeness (QED) is 0.772. The van der Waals surface area contributed by atoms with E-state index in [1.807, 2.05) is 12.1 Å². The van der Waals surface area contributed by atoms with Crippen molar-refractivity contribution in [1.82, 2.24) is 5.32 Å². The molecule has 19 heavy (non-hydrogen) atoms. The summed E-state index contributed by atoms with van der Waals surface area (Å²) in [5.41, 5.74) is 0.954. The molecular formula is C14H22ClNO3. The van der Waals surface area contributed by atoms with E-state index in [1.54, 1.807) is 14.2 Å². The van der Waals surface area contributed by atoms with Gasteiger partial charge in [-0.3, -0.25) is 0 Å². The van der Waals surface area contributed by atoms with Crippen molar-refractivity contribution in [3.8, 4) is 11.5 Å². The predicted octanol–water partition coefficient (Wildman–Crippen LogP) is 2.61. The summed E-state index contributed by atoms with van der Waals surface area (Å²) in [6.07, 6.45) is 1.70. The van der Waals surface area contributed by atoms with Gasteiger partial charge >= 0.3 is 0 Å². The minimum absolute atomic E-state index is 0.186. The molecule has 1 rings (SSSR count). The maximum Gasteiger partial charge on any atom is 0.179 e. The van der Waals surface area contributed by atoms with Crippen LogP contribution in [-0.2, 0) is 6.54 Å². The molecule has 0 aromatic heterocycles. The molecule has 4 nitrogen and oxygen atoms in total. The fourth-order valence-electron chi connectivity index (χ4n) is 1.93. The van der Waals surface area contributed by atoms with Crippen LogP contribution < -0.4 is 14.8 Å². The Morgan fingerprint density at radius 3 is 2.58 bits per heavy atom. The van der Waals surface area contributed by atoms with Crippen molar-refractivity contribution in [3.05, 3.63) is 22.7 Å². The third-order valence-electron chi connectivity index (χ3n) is 3.12. The van der Waals surface area contributed by atoms with E-state index < -0.39 is 0 Å². The van der Waals surface area contributed by atoms with Gasteiger partial charge < -0.3 is 19.9 Å². The standard InChI is InChI=1S/C14H22ClNO3/c1-4-11(7-8-17)16-9-10-5-6-12(18-2)14(19-3)13(10)15/h5-6,11,16-17H,4,7-9H2,1-3H3. The second kappa shape index (κ2) is 8.25. The molecule has 0 saturated carbocycles. The van der Waals surface area contributed by atoms with Gasteiger partial charge in [0.25, 0.3) is 0 Å². The molecule has 5 heteroatoms. The lowest BCUT2D eigenvalue weighted by molar-refractivity contribution is 0.262. The van der Waals surface area contributed by atoms with Gasteiger partial charge in [-0.1, -0.05) is 24.6 Å². The Hall–Kier alpha value is -0.970. The van der Waals surface area contributed by atoms with Crippen molar-refractivity contribution in [2.24, 2.45) is 0 Å². The molecule has 0 radical (unpaired) electrons. The summed E-state index contributed by atoms with van der Waals surface area (Å²) < 4.78 is 10.5. The van der Waals surface area contributed by atoms with Crippen LogP contribution in [0.4, 0.5) is 0 Å². The Morgan fingerprint density at radius 1 is 1.32 bits per heavy atom. The van der Waals surface area contributed by atoms with Gasteiger partial charge in [0.15, 0.2) is 11.5 Å². The molecule has 0 heterocycles. The maximum absolute atomic E-state index is 8.97. The topological polar surface area (TPSA) is 50.7 Å². The lowest BCUT2D eigenvalue weighted by Crippen LogP contribution is -2.28. The molecule has 0 amide bonds. The fraction of sp³-hybridized carbons (Fsp3) is 0.571. The van der Waals surface area contributed by atoms with Gasteiger partial charge in [-0.15, -0.1) is 0 Å². The van der Waals surface area contributed by atoms with Crippen molar-refractivity contribution in [3.63, 3.8) is 0 Å². The smallest absolute Gasteiger partial charge is 0.179 e. The van der Waals surface area contributed by atoms with Crippen molar-refractivity contribution < 1.29 is 14.6 Å². The van der Waals surface area contributed by atoms with Crippen molar-refractivity contribution in [2.45, 2.75) is 32.4 Å². The summed E-state index contributed by atoms with van der Waals surface area (Å²) in [6.45, 7) is 2.91. The summed E-state index contributed by atoms with van der Waals surface area (Å²) in [5, 5.41) is 12.9. The average molecular weight is 288 g/mol. The Kier molecular flexibility index (Phi) is 6.99. The monoisotopic (exact) mass is 287 g/mol. The number of methoxy groups -OCH3 is 2. The Bertz CT molecular complexity index is 399. The number of nitrogens with one attached hydrogen (secondary N) is 1. The molecule has 0 aliphatic heterocycles. The number of aliphatic hydroxyl groups excluding tert-OH is 1. The number of hydrogen-bond acceptors (Lipinski definition) is 4. The zero-order valence-electron chi connectivity index (χ0n) is 11.7. The summed E-state index contributed by atoms with van der Waals surface area (Å²) in [7, 11) is 3.15. The minimum Gasteiger partial charge on any atom is -0.493 e. The first-order chi connectivity index (χ1) is 9.17. The first-order valence-electron chi connectivity index (χ1n) is 6.41. The minimum atomic E-state index is 0.186. The first-order valence-corrected chi connectivity index (χ1v) is 6.79. The molecule has 1 aromatic carbocycles. The van der Waals surface area contributed by atoms with Crippen LogP contribution in [0.15, 0.2) is 12.1 Å². The summed E-state index contributed by atoms with van der Waals surface area (Å²) >= 11 is 6.30. The van der Waals surface area contributed by atoms with Gasteiger partial charge in [-0.2, -0.15) is 0 Å². The number of ether oxygens (including phenoxy) is 2. The highest BCUT2D eigenvalue weighted by Gasteiger charge is 2.14. The molecule has 0 aliphatic carbocycles. The Labute approximate surface area is 119 Å². The van der Waals surface area contributed by atoms with E-state index in [4.69, 9.17) is 26.2 Å². The van der Waals surface area contributed by atoms with Crippen molar-refractivity contribution in [2.75, 3.05) is 20.8 Å².